The van der Waals surface area contributed by atoms with E-state index in [1.807, 2.05) is 34.9 Å². The second kappa shape index (κ2) is 22.9. The van der Waals surface area contributed by atoms with Crippen LogP contribution in [0.25, 0.3) is 50.4 Å². The van der Waals surface area contributed by atoms with E-state index in [1.165, 1.54) is 21.1 Å². The van der Waals surface area contributed by atoms with Gasteiger partial charge in [-0.1, -0.05) is 82.9 Å². The molecule has 1 amide bonds. The van der Waals surface area contributed by atoms with E-state index in [-0.39, 0.29) is 53.1 Å². The number of benzene rings is 2. The summed E-state index contributed by atoms with van der Waals surface area (Å²) in [4.78, 5) is 28.4. The first-order chi connectivity index (χ1) is 40.0. The lowest BCUT2D eigenvalue weighted by Gasteiger charge is -2.16. The molecule has 3 aliphatic carbocycles. The van der Waals surface area contributed by atoms with Gasteiger partial charge >= 0.3 is 0 Å². The van der Waals surface area contributed by atoms with Crippen LogP contribution in [-0.2, 0) is 24.8 Å². The minimum Gasteiger partial charge on any atom is -0.354 e. The van der Waals surface area contributed by atoms with Crippen molar-refractivity contribution in [3.05, 3.63) is 133 Å². The second-order valence-electron chi connectivity index (χ2n) is 22.7. The van der Waals surface area contributed by atoms with Gasteiger partial charge in [0.05, 0.1) is 44.9 Å². The highest BCUT2D eigenvalue weighted by molar-refractivity contribution is 7.90. The SMILES string of the molecule is C.CC[C@@H]1C[C@H](N)C[C@@H]1c1nnc2cnc3[nH]ccc3n12.CC[C@@H]1C[C@H](N)C[C@@H]1c1nnc2cnc3c(ccn3S(=O)(=O)c3ccc(C)cc3)n12.CC[C@@H]1C[C@H](NC(C)=O)C[C@@H]1c1nnc2cnc3c(ccn3S(=O)(=O)c3ccc(C)cc3)n12. The summed E-state index contributed by atoms with van der Waals surface area (Å²) in [5.74, 6) is 4.69. The molecule has 25 heteroatoms. The number of fused-ring (bicyclic) bond motifs is 9. The third kappa shape index (κ3) is 10.3. The zero-order chi connectivity index (χ0) is 58.1. The minimum absolute atomic E-state index is 0. The van der Waals surface area contributed by atoms with Crippen molar-refractivity contribution >= 4 is 76.4 Å². The molecule has 0 unspecified atom stereocenters. The predicted molar refractivity (Wildman–Crippen MR) is 320 cm³/mol. The van der Waals surface area contributed by atoms with Crippen molar-refractivity contribution in [2.75, 3.05) is 0 Å². The average Bonchev–Trinajstić information content (AvgIpc) is 3.84. The summed E-state index contributed by atoms with van der Waals surface area (Å²) in [5, 5.41) is 29.3. The summed E-state index contributed by atoms with van der Waals surface area (Å²) in [6.07, 6.45) is 18.5. The van der Waals surface area contributed by atoms with Crippen LogP contribution in [0.5, 0.6) is 0 Å². The number of nitrogens with one attached hydrogen (secondary N) is 2. The fourth-order valence-electron chi connectivity index (χ4n) is 13.2. The molecular formula is C59H72N18O5S2. The maximum atomic E-state index is 13.3. The van der Waals surface area contributed by atoms with Crippen molar-refractivity contribution in [3.63, 3.8) is 0 Å². The van der Waals surface area contributed by atoms with Gasteiger partial charge in [0, 0.05) is 61.4 Å². The molecule has 0 spiro atoms. The minimum atomic E-state index is -3.81. The summed E-state index contributed by atoms with van der Waals surface area (Å²) < 4.78 is 61.5. The second-order valence-corrected chi connectivity index (χ2v) is 26.3. The highest BCUT2D eigenvalue weighted by Crippen LogP contribution is 2.44. The van der Waals surface area contributed by atoms with Gasteiger partial charge in [0.2, 0.25) is 5.91 Å². The van der Waals surface area contributed by atoms with Crippen molar-refractivity contribution in [1.29, 1.82) is 0 Å². The molecule has 0 aliphatic heterocycles. The molecule has 0 radical (unpaired) electrons. The van der Waals surface area contributed by atoms with Gasteiger partial charge in [-0.05, 0) is 113 Å². The molecule has 9 aromatic heterocycles. The van der Waals surface area contributed by atoms with Gasteiger partial charge in [-0.15, -0.1) is 30.6 Å². The van der Waals surface area contributed by atoms with Crippen LogP contribution in [0.4, 0.5) is 0 Å². The lowest BCUT2D eigenvalue weighted by molar-refractivity contribution is -0.119. The Hall–Kier alpha value is -8.00. The van der Waals surface area contributed by atoms with Crippen molar-refractivity contribution in [1.82, 2.24) is 77.0 Å². The number of hydrogen-bond donors (Lipinski definition) is 4. The summed E-state index contributed by atoms with van der Waals surface area (Å²) in [5.41, 5.74) is 20.3. The lowest BCUT2D eigenvalue weighted by Crippen LogP contribution is -2.30. The smallest absolute Gasteiger partial charge is 0.269 e. The van der Waals surface area contributed by atoms with Crippen LogP contribution >= 0.6 is 0 Å². The molecule has 3 saturated carbocycles. The van der Waals surface area contributed by atoms with E-state index in [4.69, 9.17) is 11.5 Å². The molecule has 3 fully saturated rings. The molecule has 84 heavy (non-hydrogen) atoms. The molecule has 14 rings (SSSR count). The van der Waals surface area contributed by atoms with Crippen LogP contribution in [0, 0.1) is 31.6 Å². The molecule has 440 valence electrons. The maximum Gasteiger partial charge on any atom is 0.269 e. The molecule has 9 atom stereocenters. The molecule has 23 nitrogen and oxygen atoms in total. The molecule has 0 saturated heterocycles. The molecule has 0 bridgehead atoms. The fraction of sp³-hybridized carbons (Fsp3) is 0.424. The number of rotatable bonds is 11. The number of hydrogen-bond acceptors (Lipinski definition) is 16. The van der Waals surface area contributed by atoms with E-state index in [0.717, 1.165) is 103 Å². The number of amides is 1. The normalized spacial score (nSPS) is 22.6. The van der Waals surface area contributed by atoms with Crippen molar-refractivity contribution in [3.8, 4) is 0 Å². The molecular weight excluding hydrogens is 1100 g/mol. The first-order valence-electron chi connectivity index (χ1n) is 28.5. The summed E-state index contributed by atoms with van der Waals surface area (Å²) in [7, 11) is -7.57. The van der Waals surface area contributed by atoms with E-state index >= 15 is 0 Å². The molecule has 2 aromatic carbocycles. The monoisotopic (exact) mass is 1180 g/mol. The Morgan fingerprint density at radius 2 is 0.952 bits per heavy atom. The molecule has 9 heterocycles. The maximum absolute atomic E-state index is 13.3. The van der Waals surface area contributed by atoms with Crippen LogP contribution in [0.15, 0.2) is 114 Å². The van der Waals surface area contributed by atoms with Gasteiger partial charge in [-0.2, -0.15) is 0 Å². The third-order valence-corrected chi connectivity index (χ3v) is 20.7. The number of aryl methyl sites for hydroxylation is 2. The predicted octanol–water partition coefficient (Wildman–Crippen LogP) is 8.36. The summed E-state index contributed by atoms with van der Waals surface area (Å²) in [6, 6.07) is 19.6. The Morgan fingerprint density at radius 3 is 1.38 bits per heavy atom. The first-order valence-corrected chi connectivity index (χ1v) is 31.4. The highest BCUT2D eigenvalue weighted by Gasteiger charge is 2.39. The Labute approximate surface area is 486 Å². The number of carbonyl (C=O) groups is 1. The fourth-order valence-corrected chi connectivity index (χ4v) is 15.8. The van der Waals surface area contributed by atoms with E-state index in [2.05, 4.69) is 81.0 Å². The Balaban J connectivity index is 0.000000134. The average molecular weight is 1180 g/mol. The van der Waals surface area contributed by atoms with Gasteiger partial charge in [-0.3, -0.25) is 18.0 Å². The zero-order valence-corrected chi connectivity index (χ0v) is 48.8. The standard InChI is InChI=1S/C23H26N6O3S.C21H24N6O2S.C14H18N6.CH4/c1-4-16-11-17(25-15(3)30)12-19(16)22-27-26-21-13-24-23-20(29(21)22)9-10-28(23)33(31,32)18-7-5-14(2)6-8-18;1-3-14-10-15(22)11-17(14)20-25-24-19-12-23-21-18(27(19)20)8-9-26(21)30(28,29)16-6-4-13(2)5-7-16;1-2-8-5-9(15)6-10(8)14-19-18-12-7-17-13-11(20(12)14)3-4-16-13;/h5-10,13,16-17,19H,4,11-12H2,1-3H3,(H,25,30);4-9,12,14-15,17H,3,10-11,22H2,1-2H3;3-4,7-10,16H,2,5-6,15H2,1H3;1H4/t16-,17+,19+;14-,15+,17+;8-,9+,10+;/m111./s1. The number of nitrogens with zero attached hydrogens (tertiary/aromatic N) is 14. The summed E-state index contributed by atoms with van der Waals surface area (Å²) in [6.45, 7) is 11.9. The van der Waals surface area contributed by atoms with E-state index in [1.54, 1.807) is 85.5 Å². The van der Waals surface area contributed by atoms with Gasteiger partial charge in [0.1, 0.15) is 17.5 Å². The van der Waals surface area contributed by atoms with Crippen molar-refractivity contribution < 1.29 is 21.6 Å². The largest absolute Gasteiger partial charge is 0.354 e. The number of nitrogens with two attached hydrogens (primary N) is 2. The van der Waals surface area contributed by atoms with Gasteiger partial charge in [0.25, 0.3) is 20.0 Å². The van der Waals surface area contributed by atoms with E-state index in [0.29, 0.717) is 57.3 Å². The Bertz CT molecular complexity index is 4430. The molecule has 11 aromatic rings. The Kier molecular flexibility index (Phi) is 15.7. The Morgan fingerprint density at radius 1 is 0.548 bits per heavy atom. The van der Waals surface area contributed by atoms with Crippen LogP contribution < -0.4 is 16.8 Å². The van der Waals surface area contributed by atoms with Crippen LogP contribution in [-0.4, -0.2) is 113 Å². The highest BCUT2D eigenvalue weighted by atomic mass is 32.2. The number of H-pyrrole nitrogens is 1. The number of aromatic nitrogens is 15. The van der Waals surface area contributed by atoms with Crippen molar-refractivity contribution in [2.24, 2.45) is 29.2 Å². The molecule has 6 N–H and O–H groups in total. The topological polar surface area (TPSA) is 304 Å². The van der Waals surface area contributed by atoms with Gasteiger partial charge in [0.15, 0.2) is 33.9 Å². The number of carbonyl (C=O) groups excluding carboxylic acids is 1. The third-order valence-electron chi connectivity index (χ3n) is 17.4. The lowest BCUT2D eigenvalue weighted by atomic mass is 9.93. The van der Waals surface area contributed by atoms with Gasteiger partial charge < -0.3 is 21.8 Å². The van der Waals surface area contributed by atoms with Crippen molar-refractivity contribution in [2.45, 2.75) is 152 Å². The summed E-state index contributed by atoms with van der Waals surface area (Å²) >= 11 is 0. The van der Waals surface area contributed by atoms with Crippen LogP contribution in [0.2, 0.25) is 0 Å². The molecule has 3 aliphatic rings. The number of aromatic amines is 1. The van der Waals surface area contributed by atoms with E-state index < -0.39 is 20.0 Å². The quantitative estimate of drug-likeness (QED) is 0.0945. The first kappa shape index (κ1) is 57.8. The van der Waals surface area contributed by atoms with Crippen LogP contribution in [0.3, 0.4) is 0 Å². The van der Waals surface area contributed by atoms with Gasteiger partial charge in [-0.25, -0.2) is 39.7 Å². The zero-order valence-electron chi connectivity index (χ0n) is 47.1. The van der Waals surface area contributed by atoms with Crippen LogP contribution in [0.1, 0.15) is 139 Å². The van der Waals surface area contributed by atoms with E-state index in [9.17, 15) is 21.6 Å².